The van der Waals surface area contributed by atoms with Gasteiger partial charge in [-0.2, -0.15) is 0 Å². The molecule has 1 amide bonds. The van der Waals surface area contributed by atoms with E-state index in [4.69, 9.17) is 0 Å². The molecule has 1 saturated heterocycles. The fourth-order valence-corrected chi connectivity index (χ4v) is 3.36. The minimum absolute atomic E-state index is 0. The summed E-state index contributed by atoms with van der Waals surface area (Å²) in [6.07, 6.45) is 2.10. The largest absolute Gasteiger partial charge is 0.354 e. The summed E-state index contributed by atoms with van der Waals surface area (Å²) in [6.45, 7) is 2.54. The van der Waals surface area contributed by atoms with E-state index in [1.807, 2.05) is 0 Å². The Labute approximate surface area is 143 Å². The molecule has 0 spiro atoms. The number of hydrogen-bond acceptors (Lipinski definition) is 4. The maximum atomic E-state index is 12.1. The molecular weight excluding hydrogens is 329 g/mol. The molecule has 0 saturated carbocycles. The molecule has 1 aromatic rings. The van der Waals surface area contributed by atoms with Gasteiger partial charge in [0.2, 0.25) is 5.91 Å². The molecule has 7 heteroatoms. The van der Waals surface area contributed by atoms with Crippen LogP contribution in [0.3, 0.4) is 0 Å². The molecule has 1 aromatic heterocycles. The van der Waals surface area contributed by atoms with E-state index in [1.54, 1.807) is 11.3 Å². The van der Waals surface area contributed by atoms with Gasteiger partial charge in [0, 0.05) is 18.0 Å². The number of likely N-dealkylation sites (N-methyl/N-ethyl adjacent to an activating group) is 1. The predicted octanol–water partition coefficient (Wildman–Crippen LogP) is 2.31. The fourth-order valence-electron chi connectivity index (χ4n) is 2.44. The van der Waals surface area contributed by atoms with Gasteiger partial charge in [-0.15, -0.1) is 36.2 Å². The van der Waals surface area contributed by atoms with Gasteiger partial charge in [-0.25, -0.2) is 0 Å². The zero-order chi connectivity index (χ0) is 13.7. The Morgan fingerprint density at radius 3 is 2.81 bits per heavy atom. The molecule has 2 heterocycles. The first-order valence-corrected chi connectivity index (χ1v) is 7.74. The van der Waals surface area contributed by atoms with E-state index in [-0.39, 0.29) is 42.7 Å². The smallest absolute Gasteiger partial charge is 0.224 e. The van der Waals surface area contributed by atoms with Crippen LogP contribution in [0.25, 0.3) is 0 Å². The number of halogens is 2. The van der Waals surface area contributed by atoms with Crippen molar-refractivity contribution in [2.75, 3.05) is 33.7 Å². The molecule has 1 aliphatic heterocycles. The number of rotatable bonds is 5. The van der Waals surface area contributed by atoms with E-state index < -0.39 is 0 Å². The first-order valence-electron chi connectivity index (χ1n) is 6.86. The molecule has 0 bridgehead atoms. The standard InChI is InChI=1S/C14H23N3OS.2ClH/c1-17(2)12(13-6-4-8-19-13)10-16-14(18)11-5-3-7-15-9-11;;/h4,6,8,11-12,15H,3,5,7,9-10H2,1-2H3,(H,16,18);2*1H. The Morgan fingerprint density at radius 1 is 1.52 bits per heavy atom. The molecule has 0 aromatic carbocycles. The summed E-state index contributed by atoms with van der Waals surface area (Å²) < 4.78 is 0. The van der Waals surface area contributed by atoms with Crippen molar-refractivity contribution in [3.05, 3.63) is 22.4 Å². The Morgan fingerprint density at radius 2 is 2.29 bits per heavy atom. The summed E-state index contributed by atoms with van der Waals surface area (Å²) in [5, 5.41) is 8.47. The number of hydrogen-bond donors (Lipinski definition) is 2. The number of piperidine rings is 1. The summed E-state index contributed by atoms with van der Waals surface area (Å²) in [6, 6.07) is 4.45. The van der Waals surface area contributed by atoms with Crippen LogP contribution in [0.15, 0.2) is 17.5 Å². The van der Waals surface area contributed by atoms with Gasteiger partial charge < -0.3 is 15.5 Å². The van der Waals surface area contributed by atoms with E-state index in [1.165, 1.54) is 4.88 Å². The second kappa shape index (κ2) is 10.4. The van der Waals surface area contributed by atoms with Crippen LogP contribution in [0, 0.1) is 5.92 Å². The van der Waals surface area contributed by atoms with Gasteiger partial charge in [0.25, 0.3) is 0 Å². The van der Waals surface area contributed by atoms with Gasteiger partial charge >= 0.3 is 0 Å². The lowest BCUT2D eigenvalue weighted by Gasteiger charge is -2.26. The number of amides is 1. The number of nitrogens with one attached hydrogen (secondary N) is 2. The Hall–Kier alpha value is -0.330. The fraction of sp³-hybridized carbons (Fsp3) is 0.643. The lowest BCUT2D eigenvalue weighted by molar-refractivity contribution is -0.125. The molecule has 1 aliphatic rings. The van der Waals surface area contributed by atoms with Crippen LogP contribution in [0.4, 0.5) is 0 Å². The van der Waals surface area contributed by atoms with Gasteiger partial charge in [-0.05, 0) is 44.9 Å². The second-order valence-corrected chi connectivity index (χ2v) is 6.26. The summed E-state index contributed by atoms with van der Waals surface area (Å²) in [7, 11) is 4.11. The van der Waals surface area contributed by atoms with Gasteiger partial charge in [-0.1, -0.05) is 6.07 Å². The van der Waals surface area contributed by atoms with Crippen LogP contribution in [-0.2, 0) is 4.79 Å². The highest BCUT2D eigenvalue weighted by Gasteiger charge is 2.22. The topological polar surface area (TPSA) is 44.4 Å². The lowest BCUT2D eigenvalue weighted by atomic mass is 9.99. The molecule has 2 atom stereocenters. The first kappa shape index (κ1) is 20.7. The quantitative estimate of drug-likeness (QED) is 0.853. The number of nitrogens with zero attached hydrogens (tertiary/aromatic N) is 1. The summed E-state index contributed by atoms with van der Waals surface area (Å²) in [4.78, 5) is 15.6. The van der Waals surface area contributed by atoms with Gasteiger partial charge in [-0.3, -0.25) is 4.79 Å². The molecule has 2 N–H and O–H groups in total. The van der Waals surface area contributed by atoms with E-state index >= 15 is 0 Å². The number of carbonyl (C=O) groups excluding carboxylic acids is 1. The monoisotopic (exact) mass is 353 g/mol. The Balaban J connectivity index is 0.00000200. The van der Waals surface area contributed by atoms with Gasteiger partial charge in [0.1, 0.15) is 0 Å². The van der Waals surface area contributed by atoms with Crippen LogP contribution >= 0.6 is 36.2 Å². The summed E-state index contributed by atoms with van der Waals surface area (Å²) in [5.41, 5.74) is 0. The summed E-state index contributed by atoms with van der Waals surface area (Å²) >= 11 is 1.74. The van der Waals surface area contributed by atoms with Crippen molar-refractivity contribution in [2.24, 2.45) is 5.92 Å². The number of carbonyl (C=O) groups is 1. The third kappa shape index (κ3) is 6.12. The molecule has 0 radical (unpaired) electrons. The highest BCUT2D eigenvalue weighted by Crippen LogP contribution is 2.22. The van der Waals surface area contributed by atoms with Crippen LogP contribution < -0.4 is 10.6 Å². The second-order valence-electron chi connectivity index (χ2n) is 5.28. The normalized spacial score (nSPS) is 19.3. The third-order valence-corrected chi connectivity index (χ3v) is 4.61. The zero-order valence-electron chi connectivity index (χ0n) is 12.5. The average Bonchev–Trinajstić information content (AvgIpc) is 2.93. The van der Waals surface area contributed by atoms with E-state index in [0.29, 0.717) is 6.54 Å². The first-order chi connectivity index (χ1) is 9.18. The van der Waals surface area contributed by atoms with Crippen LogP contribution in [0.2, 0.25) is 0 Å². The van der Waals surface area contributed by atoms with Crippen molar-refractivity contribution >= 4 is 42.1 Å². The molecule has 2 unspecified atom stereocenters. The van der Waals surface area contributed by atoms with Gasteiger partial charge in [0.15, 0.2) is 0 Å². The molecule has 4 nitrogen and oxygen atoms in total. The SMILES string of the molecule is CN(C)C(CNC(=O)C1CCCNC1)c1cccs1.Cl.Cl. The molecule has 0 aliphatic carbocycles. The van der Waals surface area contributed by atoms with E-state index in [9.17, 15) is 4.79 Å². The molecule has 2 rings (SSSR count). The van der Waals surface area contributed by atoms with Crippen LogP contribution in [0.5, 0.6) is 0 Å². The molecule has 1 fully saturated rings. The number of thiophene rings is 1. The minimum Gasteiger partial charge on any atom is -0.354 e. The summed E-state index contributed by atoms with van der Waals surface area (Å²) in [5.74, 6) is 0.329. The van der Waals surface area contributed by atoms with Crippen molar-refractivity contribution in [1.29, 1.82) is 0 Å². The van der Waals surface area contributed by atoms with Gasteiger partial charge in [0.05, 0.1) is 12.0 Å². The van der Waals surface area contributed by atoms with Crippen molar-refractivity contribution < 1.29 is 4.79 Å². The highest BCUT2D eigenvalue weighted by atomic mass is 35.5. The highest BCUT2D eigenvalue weighted by molar-refractivity contribution is 7.10. The van der Waals surface area contributed by atoms with Crippen molar-refractivity contribution in [3.8, 4) is 0 Å². The van der Waals surface area contributed by atoms with Crippen LogP contribution in [0.1, 0.15) is 23.8 Å². The maximum absolute atomic E-state index is 12.1. The minimum atomic E-state index is 0. The van der Waals surface area contributed by atoms with Crippen molar-refractivity contribution in [3.63, 3.8) is 0 Å². The van der Waals surface area contributed by atoms with Crippen LogP contribution in [-0.4, -0.2) is 44.5 Å². The van der Waals surface area contributed by atoms with E-state index in [0.717, 1.165) is 25.9 Å². The average molecular weight is 354 g/mol. The Kier molecular flexibility index (Phi) is 10.2. The van der Waals surface area contributed by atoms with Crippen molar-refractivity contribution in [1.82, 2.24) is 15.5 Å². The molecular formula is C14H25Cl2N3OS. The third-order valence-electron chi connectivity index (χ3n) is 3.63. The molecule has 21 heavy (non-hydrogen) atoms. The van der Waals surface area contributed by atoms with E-state index in [2.05, 4.69) is 47.1 Å². The molecule has 122 valence electrons. The predicted molar refractivity (Wildman–Crippen MR) is 93.8 cm³/mol. The maximum Gasteiger partial charge on any atom is 0.224 e. The Bertz CT molecular complexity index is 395. The zero-order valence-corrected chi connectivity index (χ0v) is 15.0. The van der Waals surface area contributed by atoms with Crippen molar-refractivity contribution in [2.45, 2.75) is 18.9 Å². The lowest BCUT2D eigenvalue weighted by Crippen LogP contribution is -2.43.